The highest BCUT2D eigenvalue weighted by Gasteiger charge is 2.36. The van der Waals surface area contributed by atoms with Gasteiger partial charge in [0, 0.05) is 6.04 Å². The van der Waals surface area contributed by atoms with E-state index < -0.39 is 0 Å². The SMILES string of the molecule is CCNC(c1ccc2c(c1)CCCC2)C1(C)CCCCC1. The average molecular weight is 285 g/mol. The zero-order chi connectivity index (χ0) is 14.7. The summed E-state index contributed by atoms with van der Waals surface area (Å²) >= 11 is 0. The Balaban J connectivity index is 1.89. The monoisotopic (exact) mass is 285 g/mol. The molecule has 1 N–H and O–H groups in total. The van der Waals surface area contributed by atoms with Crippen molar-refractivity contribution in [1.29, 1.82) is 0 Å². The van der Waals surface area contributed by atoms with Gasteiger partial charge in [0.2, 0.25) is 0 Å². The lowest BCUT2D eigenvalue weighted by molar-refractivity contribution is 0.146. The fourth-order valence-electron chi connectivity index (χ4n) is 4.55. The summed E-state index contributed by atoms with van der Waals surface area (Å²) in [6.45, 7) is 5.83. The molecule has 0 spiro atoms. The maximum absolute atomic E-state index is 3.82. The normalized spacial score (nSPS) is 22.6. The number of nitrogens with one attached hydrogen (secondary N) is 1. The molecule has 0 radical (unpaired) electrons. The van der Waals surface area contributed by atoms with E-state index in [0.717, 1.165) is 6.54 Å². The van der Waals surface area contributed by atoms with Gasteiger partial charge in [-0.25, -0.2) is 0 Å². The maximum atomic E-state index is 3.82. The molecule has 1 atom stereocenters. The van der Waals surface area contributed by atoms with Gasteiger partial charge >= 0.3 is 0 Å². The summed E-state index contributed by atoms with van der Waals surface area (Å²) in [6.07, 6.45) is 12.3. The number of benzene rings is 1. The van der Waals surface area contributed by atoms with Crippen LogP contribution in [-0.4, -0.2) is 6.54 Å². The van der Waals surface area contributed by atoms with Gasteiger partial charge in [-0.2, -0.15) is 0 Å². The number of hydrogen-bond acceptors (Lipinski definition) is 1. The molecule has 0 amide bonds. The van der Waals surface area contributed by atoms with Crippen LogP contribution in [0.3, 0.4) is 0 Å². The van der Waals surface area contributed by atoms with Crippen molar-refractivity contribution in [2.45, 2.75) is 77.7 Å². The zero-order valence-electron chi connectivity index (χ0n) is 13.9. The minimum atomic E-state index is 0.442. The molecule has 21 heavy (non-hydrogen) atoms. The number of aryl methyl sites for hydroxylation is 2. The van der Waals surface area contributed by atoms with E-state index in [9.17, 15) is 0 Å². The molecule has 2 aliphatic carbocycles. The Labute approximate surface area is 130 Å². The Hall–Kier alpha value is -0.820. The zero-order valence-corrected chi connectivity index (χ0v) is 13.9. The molecule has 2 aliphatic rings. The predicted molar refractivity (Wildman–Crippen MR) is 90.7 cm³/mol. The van der Waals surface area contributed by atoms with Crippen molar-refractivity contribution in [3.63, 3.8) is 0 Å². The lowest BCUT2D eigenvalue weighted by atomic mass is 9.68. The predicted octanol–water partition coefficient (Wildman–Crippen LogP) is 5.19. The molecule has 0 aromatic heterocycles. The summed E-state index contributed by atoms with van der Waals surface area (Å²) < 4.78 is 0. The molecule has 3 rings (SSSR count). The number of fused-ring (bicyclic) bond motifs is 1. The molecule has 1 nitrogen and oxygen atoms in total. The topological polar surface area (TPSA) is 12.0 Å². The third-order valence-corrected chi connectivity index (χ3v) is 5.81. The van der Waals surface area contributed by atoms with E-state index in [1.54, 1.807) is 16.7 Å². The van der Waals surface area contributed by atoms with Crippen molar-refractivity contribution < 1.29 is 0 Å². The standard InChI is InChI=1S/C20H31N/c1-3-21-19(20(2)13-7-4-8-14-20)18-12-11-16-9-5-6-10-17(16)15-18/h11-12,15,19,21H,3-10,13-14H2,1-2H3. The summed E-state index contributed by atoms with van der Waals surface area (Å²) in [5, 5.41) is 3.82. The van der Waals surface area contributed by atoms with Gasteiger partial charge in [-0.3, -0.25) is 0 Å². The Morgan fingerprint density at radius 3 is 2.43 bits per heavy atom. The first-order valence-corrected chi connectivity index (χ1v) is 9.08. The fraction of sp³-hybridized carbons (Fsp3) is 0.700. The summed E-state index contributed by atoms with van der Waals surface area (Å²) in [5.41, 5.74) is 5.22. The van der Waals surface area contributed by atoms with Crippen molar-refractivity contribution in [2.75, 3.05) is 6.54 Å². The van der Waals surface area contributed by atoms with Gasteiger partial charge in [-0.1, -0.05) is 51.3 Å². The highest BCUT2D eigenvalue weighted by molar-refractivity contribution is 5.36. The second-order valence-electron chi connectivity index (χ2n) is 7.44. The quantitative estimate of drug-likeness (QED) is 0.803. The van der Waals surface area contributed by atoms with Gasteiger partial charge in [0.05, 0.1) is 0 Å². The smallest absolute Gasteiger partial charge is 0.0374 e. The van der Waals surface area contributed by atoms with Crippen LogP contribution in [0.15, 0.2) is 18.2 Å². The second-order valence-corrected chi connectivity index (χ2v) is 7.44. The van der Waals surface area contributed by atoms with Crippen LogP contribution in [-0.2, 0) is 12.8 Å². The lowest BCUT2D eigenvalue weighted by Crippen LogP contribution is -2.37. The van der Waals surface area contributed by atoms with Crippen LogP contribution in [0, 0.1) is 5.41 Å². The highest BCUT2D eigenvalue weighted by atomic mass is 14.9. The molecule has 1 aromatic rings. The Morgan fingerprint density at radius 1 is 1.00 bits per heavy atom. The van der Waals surface area contributed by atoms with E-state index in [2.05, 4.69) is 37.4 Å². The lowest BCUT2D eigenvalue weighted by Gasteiger charge is -2.42. The molecular weight excluding hydrogens is 254 g/mol. The van der Waals surface area contributed by atoms with E-state index in [1.807, 2.05) is 0 Å². The first-order chi connectivity index (χ1) is 10.2. The minimum Gasteiger partial charge on any atom is -0.310 e. The van der Waals surface area contributed by atoms with Gasteiger partial charge < -0.3 is 5.32 Å². The van der Waals surface area contributed by atoms with Crippen molar-refractivity contribution >= 4 is 0 Å². The summed E-state index contributed by atoms with van der Waals surface area (Å²) in [6, 6.07) is 7.90. The number of rotatable bonds is 4. The van der Waals surface area contributed by atoms with Crippen molar-refractivity contribution in [1.82, 2.24) is 5.32 Å². The summed E-state index contributed by atoms with van der Waals surface area (Å²) in [4.78, 5) is 0. The molecule has 0 saturated heterocycles. The molecule has 116 valence electrons. The average Bonchev–Trinajstić information content (AvgIpc) is 2.53. The molecule has 1 aromatic carbocycles. The molecule has 1 heteroatoms. The van der Waals surface area contributed by atoms with Crippen LogP contribution in [0.4, 0.5) is 0 Å². The number of hydrogen-bond donors (Lipinski definition) is 1. The molecular formula is C20H31N. The molecule has 0 heterocycles. The summed E-state index contributed by atoms with van der Waals surface area (Å²) in [5.74, 6) is 0. The van der Waals surface area contributed by atoms with E-state index in [-0.39, 0.29) is 0 Å². The van der Waals surface area contributed by atoms with Crippen molar-refractivity contribution in [3.05, 3.63) is 34.9 Å². The Morgan fingerprint density at radius 2 is 1.71 bits per heavy atom. The van der Waals surface area contributed by atoms with Crippen LogP contribution < -0.4 is 5.32 Å². The van der Waals surface area contributed by atoms with Crippen molar-refractivity contribution in [2.24, 2.45) is 5.41 Å². The maximum Gasteiger partial charge on any atom is 0.0374 e. The second kappa shape index (κ2) is 6.52. The van der Waals surface area contributed by atoms with Gasteiger partial charge in [0.15, 0.2) is 0 Å². The van der Waals surface area contributed by atoms with Crippen LogP contribution >= 0.6 is 0 Å². The van der Waals surface area contributed by atoms with Crippen LogP contribution in [0.25, 0.3) is 0 Å². The van der Waals surface area contributed by atoms with E-state index in [1.165, 1.54) is 57.8 Å². The van der Waals surface area contributed by atoms with E-state index >= 15 is 0 Å². The molecule has 0 bridgehead atoms. The molecule has 1 fully saturated rings. The minimum absolute atomic E-state index is 0.442. The largest absolute Gasteiger partial charge is 0.310 e. The van der Waals surface area contributed by atoms with Crippen LogP contribution in [0.2, 0.25) is 0 Å². The molecule has 1 saturated carbocycles. The van der Waals surface area contributed by atoms with E-state index in [4.69, 9.17) is 0 Å². The van der Waals surface area contributed by atoms with E-state index in [0.29, 0.717) is 11.5 Å². The van der Waals surface area contributed by atoms with Gasteiger partial charge in [-0.15, -0.1) is 0 Å². The Kier molecular flexibility index (Phi) is 4.69. The highest BCUT2D eigenvalue weighted by Crippen LogP contribution is 2.46. The first-order valence-electron chi connectivity index (χ1n) is 9.08. The Bertz CT molecular complexity index is 471. The molecule has 0 aliphatic heterocycles. The van der Waals surface area contributed by atoms with Gasteiger partial charge in [-0.05, 0) is 67.2 Å². The third-order valence-electron chi connectivity index (χ3n) is 5.81. The van der Waals surface area contributed by atoms with Crippen LogP contribution in [0.5, 0.6) is 0 Å². The first kappa shape index (κ1) is 15.1. The third kappa shape index (κ3) is 3.18. The van der Waals surface area contributed by atoms with Crippen LogP contribution in [0.1, 0.15) is 81.5 Å². The van der Waals surface area contributed by atoms with Crippen molar-refractivity contribution in [3.8, 4) is 0 Å². The molecule has 1 unspecified atom stereocenters. The summed E-state index contributed by atoms with van der Waals surface area (Å²) in [7, 11) is 0. The fourth-order valence-corrected chi connectivity index (χ4v) is 4.55. The van der Waals surface area contributed by atoms with Gasteiger partial charge in [0.1, 0.15) is 0 Å². The van der Waals surface area contributed by atoms with Gasteiger partial charge in [0.25, 0.3) is 0 Å².